The number of hydrogen-bond acceptors (Lipinski definition) is 3. The maximum absolute atomic E-state index is 12.3. The van der Waals surface area contributed by atoms with Crippen molar-refractivity contribution in [2.45, 2.75) is 19.3 Å². The number of carbonyl (C=O) groups excluding carboxylic acids is 1. The van der Waals surface area contributed by atoms with Crippen LogP contribution in [0.15, 0.2) is 54.6 Å². The number of nitrogens with zero attached hydrogens (tertiary/aromatic N) is 2. The number of carboxylic acids is 1. The van der Waals surface area contributed by atoms with Gasteiger partial charge in [0.1, 0.15) is 5.82 Å². The number of benzene rings is 2. The Kier molecular flexibility index (Phi) is 3.80. The largest absolute Gasteiger partial charge is 0.478 e. The van der Waals surface area contributed by atoms with E-state index >= 15 is 0 Å². The molecule has 6 heteroatoms. The van der Waals surface area contributed by atoms with Crippen molar-refractivity contribution in [3.05, 3.63) is 77.0 Å². The zero-order valence-corrected chi connectivity index (χ0v) is 14.1. The van der Waals surface area contributed by atoms with Crippen molar-refractivity contribution in [1.29, 1.82) is 0 Å². The number of aromatic carboxylic acids is 1. The van der Waals surface area contributed by atoms with Gasteiger partial charge in [-0.3, -0.25) is 4.79 Å². The Morgan fingerprint density at radius 3 is 2.50 bits per heavy atom. The van der Waals surface area contributed by atoms with Gasteiger partial charge >= 0.3 is 5.97 Å². The highest BCUT2D eigenvalue weighted by Gasteiger charge is 2.32. The topological polar surface area (TPSA) is 84.2 Å². The van der Waals surface area contributed by atoms with Gasteiger partial charge in [0.25, 0.3) is 0 Å². The summed E-state index contributed by atoms with van der Waals surface area (Å²) >= 11 is 0. The van der Waals surface area contributed by atoms with Gasteiger partial charge in [-0.15, -0.1) is 0 Å². The van der Waals surface area contributed by atoms with Crippen LogP contribution in [0.1, 0.15) is 39.5 Å². The molecule has 0 fully saturated rings. The maximum atomic E-state index is 12.3. The number of amides is 1. The van der Waals surface area contributed by atoms with Crippen molar-refractivity contribution >= 4 is 17.7 Å². The van der Waals surface area contributed by atoms with Crippen molar-refractivity contribution in [2.24, 2.45) is 0 Å². The molecule has 0 unspecified atom stereocenters. The molecule has 1 aromatic heterocycles. The molecule has 2 N–H and O–H groups in total. The van der Waals surface area contributed by atoms with Gasteiger partial charge in [-0.25, -0.2) is 9.48 Å². The lowest BCUT2D eigenvalue weighted by Gasteiger charge is -2.24. The number of nitrogens with one attached hydrogen (secondary N) is 1. The normalized spacial score (nSPS) is 16.0. The summed E-state index contributed by atoms with van der Waals surface area (Å²) in [4.78, 5) is 23.4. The highest BCUT2D eigenvalue weighted by Crippen LogP contribution is 2.40. The Morgan fingerprint density at radius 2 is 1.85 bits per heavy atom. The molecule has 0 radical (unpaired) electrons. The van der Waals surface area contributed by atoms with E-state index in [4.69, 9.17) is 5.11 Å². The van der Waals surface area contributed by atoms with Gasteiger partial charge < -0.3 is 10.4 Å². The minimum absolute atomic E-state index is 0.0816. The van der Waals surface area contributed by atoms with Gasteiger partial charge in [0, 0.05) is 17.9 Å². The van der Waals surface area contributed by atoms with E-state index in [1.165, 1.54) is 0 Å². The van der Waals surface area contributed by atoms with Crippen molar-refractivity contribution < 1.29 is 14.7 Å². The molecule has 3 aromatic rings. The first-order chi connectivity index (χ1) is 12.5. The number of aromatic nitrogens is 2. The van der Waals surface area contributed by atoms with Gasteiger partial charge in [0.05, 0.1) is 16.9 Å². The summed E-state index contributed by atoms with van der Waals surface area (Å²) in [6, 6.07) is 16.3. The Hall–Kier alpha value is -3.41. The van der Waals surface area contributed by atoms with E-state index in [0.717, 1.165) is 22.5 Å². The summed E-state index contributed by atoms with van der Waals surface area (Å²) in [5.41, 5.74) is 3.82. The van der Waals surface area contributed by atoms with Crippen LogP contribution in [0.4, 0.5) is 5.82 Å². The predicted octanol–water partition coefficient (Wildman–Crippen LogP) is 3.35. The van der Waals surface area contributed by atoms with Crippen LogP contribution in [0.2, 0.25) is 0 Å². The van der Waals surface area contributed by atoms with Crippen LogP contribution < -0.4 is 5.32 Å². The summed E-state index contributed by atoms with van der Waals surface area (Å²) in [6.07, 6.45) is 0.306. The third-order valence-electron chi connectivity index (χ3n) is 4.66. The van der Waals surface area contributed by atoms with E-state index in [1.807, 2.05) is 37.3 Å². The molecular weight excluding hydrogens is 330 g/mol. The van der Waals surface area contributed by atoms with E-state index < -0.39 is 5.97 Å². The fourth-order valence-electron chi connectivity index (χ4n) is 3.45. The molecule has 0 saturated heterocycles. The number of fused-ring (bicyclic) bond motifs is 1. The summed E-state index contributed by atoms with van der Waals surface area (Å²) in [6.45, 7) is 1.92. The summed E-state index contributed by atoms with van der Waals surface area (Å²) in [5, 5.41) is 16.7. The fraction of sp³-hybridized carbons (Fsp3) is 0.150. The smallest absolute Gasteiger partial charge is 0.335 e. The number of carboxylic acid groups (broad SMARTS) is 1. The third-order valence-corrected chi connectivity index (χ3v) is 4.66. The van der Waals surface area contributed by atoms with Crippen molar-refractivity contribution in [1.82, 2.24) is 9.78 Å². The molecule has 2 aromatic carbocycles. The molecule has 26 heavy (non-hydrogen) atoms. The maximum Gasteiger partial charge on any atom is 0.335 e. The molecule has 1 aliphatic heterocycles. The average Bonchev–Trinajstić information content (AvgIpc) is 2.98. The van der Waals surface area contributed by atoms with Crippen molar-refractivity contribution in [3.8, 4) is 5.69 Å². The van der Waals surface area contributed by atoms with Crippen LogP contribution in [-0.2, 0) is 4.79 Å². The number of anilines is 1. The first kappa shape index (κ1) is 16.1. The summed E-state index contributed by atoms with van der Waals surface area (Å²) in [7, 11) is 0. The monoisotopic (exact) mass is 347 g/mol. The minimum atomic E-state index is -0.966. The van der Waals surface area contributed by atoms with Crippen LogP contribution in [0.5, 0.6) is 0 Å². The first-order valence-corrected chi connectivity index (χ1v) is 8.32. The molecule has 0 aliphatic carbocycles. The molecule has 1 aliphatic rings. The van der Waals surface area contributed by atoms with Crippen LogP contribution >= 0.6 is 0 Å². The lowest BCUT2D eigenvalue weighted by molar-refractivity contribution is -0.116. The van der Waals surface area contributed by atoms with Crippen LogP contribution in [0, 0.1) is 6.92 Å². The quantitative estimate of drug-likeness (QED) is 0.761. The molecule has 1 atom stereocenters. The standard InChI is InChI=1S/C20H17N3O3/c1-12-18-16(13-7-9-14(10-8-13)20(25)26)11-17(24)21-19(18)23(22-12)15-5-3-2-4-6-15/h2-10,16H,11H2,1H3,(H,21,24)(H,25,26)/t16-/m0/s1. The predicted molar refractivity (Wildman–Crippen MR) is 96.8 cm³/mol. The second-order valence-corrected chi connectivity index (χ2v) is 6.33. The summed E-state index contributed by atoms with van der Waals surface area (Å²) < 4.78 is 1.75. The van der Waals surface area contributed by atoms with Crippen LogP contribution in [0.25, 0.3) is 5.69 Å². The van der Waals surface area contributed by atoms with Crippen molar-refractivity contribution in [2.75, 3.05) is 5.32 Å². The third kappa shape index (κ3) is 2.65. The van der Waals surface area contributed by atoms with Gasteiger partial charge in [-0.1, -0.05) is 30.3 Å². The molecule has 0 spiro atoms. The second-order valence-electron chi connectivity index (χ2n) is 6.33. The lowest BCUT2D eigenvalue weighted by atomic mass is 9.85. The van der Waals surface area contributed by atoms with E-state index in [2.05, 4.69) is 10.4 Å². The molecular formula is C20H17N3O3. The fourth-order valence-corrected chi connectivity index (χ4v) is 3.45. The van der Waals surface area contributed by atoms with E-state index in [9.17, 15) is 9.59 Å². The van der Waals surface area contributed by atoms with Crippen molar-refractivity contribution in [3.63, 3.8) is 0 Å². The number of hydrogen-bond donors (Lipinski definition) is 2. The van der Waals surface area contributed by atoms with Crippen LogP contribution in [0.3, 0.4) is 0 Å². The molecule has 1 amide bonds. The van der Waals surface area contributed by atoms with Crippen LogP contribution in [-0.4, -0.2) is 26.8 Å². The Balaban J connectivity index is 1.82. The van der Waals surface area contributed by atoms with Gasteiger partial charge in [-0.2, -0.15) is 5.10 Å². The Bertz CT molecular complexity index is 991. The number of carbonyl (C=O) groups is 2. The first-order valence-electron chi connectivity index (χ1n) is 8.32. The number of para-hydroxylation sites is 1. The zero-order chi connectivity index (χ0) is 18.3. The minimum Gasteiger partial charge on any atom is -0.478 e. The van der Waals surface area contributed by atoms with E-state index in [1.54, 1.807) is 28.9 Å². The molecule has 6 nitrogen and oxygen atoms in total. The van der Waals surface area contributed by atoms with E-state index in [-0.39, 0.29) is 17.4 Å². The highest BCUT2D eigenvalue weighted by molar-refractivity contribution is 5.95. The molecule has 130 valence electrons. The summed E-state index contributed by atoms with van der Waals surface area (Å²) in [5.74, 6) is -0.523. The molecule has 0 bridgehead atoms. The lowest BCUT2D eigenvalue weighted by Crippen LogP contribution is -2.25. The van der Waals surface area contributed by atoms with E-state index in [0.29, 0.717) is 12.2 Å². The zero-order valence-electron chi connectivity index (χ0n) is 14.1. The Labute approximate surface area is 150 Å². The number of aryl methyl sites for hydroxylation is 1. The molecule has 2 heterocycles. The number of rotatable bonds is 3. The van der Waals surface area contributed by atoms with Gasteiger partial charge in [0.15, 0.2) is 0 Å². The molecule has 0 saturated carbocycles. The average molecular weight is 347 g/mol. The Morgan fingerprint density at radius 1 is 1.15 bits per heavy atom. The highest BCUT2D eigenvalue weighted by atomic mass is 16.4. The van der Waals surface area contributed by atoms with Gasteiger partial charge in [-0.05, 0) is 36.8 Å². The molecule has 4 rings (SSSR count). The second kappa shape index (κ2) is 6.15. The SMILES string of the molecule is Cc1nn(-c2ccccc2)c2c1[C@H](c1ccc(C(=O)O)cc1)CC(=O)N2. The van der Waals surface area contributed by atoms with Gasteiger partial charge in [0.2, 0.25) is 5.91 Å².